The Morgan fingerprint density at radius 2 is 2.18 bits per heavy atom. The van der Waals surface area contributed by atoms with E-state index in [-0.39, 0.29) is 11.9 Å². The summed E-state index contributed by atoms with van der Waals surface area (Å²) in [6, 6.07) is 2.44. The molecular weight excluding hydrogens is 280 g/mol. The molecule has 22 heavy (non-hydrogen) atoms. The van der Waals surface area contributed by atoms with Crippen LogP contribution in [0.5, 0.6) is 0 Å². The van der Waals surface area contributed by atoms with Crippen LogP contribution in [0.3, 0.4) is 0 Å². The van der Waals surface area contributed by atoms with Gasteiger partial charge in [0.25, 0.3) is 5.91 Å². The summed E-state index contributed by atoms with van der Waals surface area (Å²) in [6.07, 6.45) is 8.56. The third-order valence-electron chi connectivity index (χ3n) is 4.83. The monoisotopic (exact) mass is 306 g/mol. The number of rotatable bonds is 4. The van der Waals surface area contributed by atoms with Gasteiger partial charge in [-0.15, -0.1) is 0 Å². The molecule has 0 radical (unpaired) electrons. The van der Waals surface area contributed by atoms with E-state index in [1.165, 1.54) is 0 Å². The average Bonchev–Trinajstić information content (AvgIpc) is 3.06. The standard InChI is InChI=1S/C16H26N4O2/c1-22-14-6-4-12(5-7-14)18-16(21)15-8-10-20(19-15)13-3-2-9-17-11-13/h8,10,12-14,17H,2-7,9,11H2,1H3,(H,18,21). The number of carbonyl (C=O) groups excluding carboxylic acids is 1. The average molecular weight is 306 g/mol. The molecule has 2 heterocycles. The quantitative estimate of drug-likeness (QED) is 0.884. The second-order valence-corrected chi connectivity index (χ2v) is 6.36. The third-order valence-corrected chi connectivity index (χ3v) is 4.83. The van der Waals surface area contributed by atoms with E-state index in [1.807, 2.05) is 16.9 Å². The van der Waals surface area contributed by atoms with Crippen LogP contribution < -0.4 is 10.6 Å². The van der Waals surface area contributed by atoms with Gasteiger partial charge in [0.15, 0.2) is 0 Å². The van der Waals surface area contributed by atoms with Gasteiger partial charge in [-0.05, 0) is 51.1 Å². The van der Waals surface area contributed by atoms with Crippen molar-refractivity contribution in [3.05, 3.63) is 18.0 Å². The molecule has 122 valence electrons. The van der Waals surface area contributed by atoms with Crippen LogP contribution in [0, 0.1) is 0 Å². The maximum atomic E-state index is 12.3. The molecule has 2 N–H and O–H groups in total. The van der Waals surface area contributed by atoms with E-state index in [0.717, 1.165) is 51.6 Å². The lowest BCUT2D eigenvalue weighted by Gasteiger charge is -2.28. The van der Waals surface area contributed by atoms with Gasteiger partial charge in [-0.1, -0.05) is 0 Å². The van der Waals surface area contributed by atoms with Gasteiger partial charge >= 0.3 is 0 Å². The lowest BCUT2D eigenvalue weighted by Crippen LogP contribution is -2.39. The predicted octanol–water partition coefficient (Wildman–Crippen LogP) is 1.49. The summed E-state index contributed by atoms with van der Waals surface area (Å²) in [5.74, 6) is -0.0524. The molecular formula is C16H26N4O2. The first-order valence-corrected chi connectivity index (χ1v) is 8.36. The van der Waals surface area contributed by atoms with Crippen molar-refractivity contribution < 1.29 is 9.53 Å². The zero-order chi connectivity index (χ0) is 15.4. The minimum atomic E-state index is -0.0524. The molecule has 0 spiro atoms. The first-order valence-electron chi connectivity index (χ1n) is 8.36. The van der Waals surface area contributed by atoms with Crippen LogP contribution in [0.15, 0.2) is 12.3 Å². The first-order chi connectivity index (χ1) is 10.8. The van der Waals surface area contributed by atoms with Crippen molar-refractivity contribution in [3.8, 4) is 0 Å². The molecule has 1 saturated carbocycles. The Hall–Kier alpha value is -1.40. The summed E-state index contributed by atoms with van der Waals surface area (Å²) in [4.78, 5) is 12.3. The highest BCUT2D eigenvalue weighted by Gasteiger charge is 2.24. The minimum absolute atomic E-state index is 0.0524. The van der Waals surface area contributed by atoms with Gasteiger partial charge in [0.1, 0.15) is 5.69 Å². The van der Waals surface area contributed by atoms with Crippen molar-refractivity contribution in [2.24, 2.45) is 0 Å². The summed E-state index contributed by atoms with van der Waals surface area (Å²) >= 11 is 0. The number of carbonyl (C=O) groups is 1. The molecule has 3 rings (SSSR count). The first kappa shape index (κ1) is 15.5. The Kier molecular flexibility index (Phi) is 5.10. The van der Waals surface area contributed by atoms with Crippen LogP contribution in [-0.4, -0.2) is 48.0 Å². The number of ether oxygens (including phenoxy) is 1. The van der Waals surface area contributed by atoms with Gasteiger partial charge in [-0.25, -0.2) is 0 Å². The Bertz CT molecular complexity index is 488. The van der Waals surface area contributed by atoms with Gasteiger partial charge in [0, 0.05) is 25.9 Å². The maximum absolute atomic E-state index is 12.3. The molecule has 2 fully saturated rings. The number of amides is 1. The summed E-state index contributed by atoms with van der Waals surface area (Å²) in [6.45, 7) is 2.01. The molecule has 6 heteroatoms. The third kappa shape index (κ3) is 3.67. The second-order valence-electron chi connectivity index (χ2n) is 6.36. The lowest BCUT2D eigenvalue weighted by atomic mass is 9.93. The van der Waals surface area contributed by atoms with Crippen LogP contribution in [-0.2, 0) is 4.74 Å². The summed E-state index contributed by atoms with van der Waals surface area (Å²) < 4.78 is 7.30. The molecule has 6 nitrogen and oxygen atoms in total. The van der Waals surface area contributed by atoms with E-state index in [1.54, 1.807) is 7.11 Å². The fourth-order valence-corrected chi connectivity index (χ4v) is 3.42. The highest BCUT2D eigenvalue weighted by Crippen LogP contribution is 2.21. The fourth-order valence-electron chi connectivity index (χ4n) is 3.42. The number of methoxy groups -OCH3 is 1. The molecule has 1 aliphatic carbocycles. The van der Waals surface area contributed by atoms with Crippen molar-refractivity contribution >= 4 is 5.91 Å². The van der Waals surface area contributed by atoms with Crippen LogP contribution in [0.4, 0.5) is 0 Å². The molecule has 1 aromatic rings. The lowest BCUT2D eigenvalue weighted by molar-refractivity contribution is 0.0598. The predicted molar refractivity (Wildman–Crippen MR) is 83.9 cm³/mol. The van der Waals surface area contributed by atoms with Gasteiger partial charge in [-0.2, -0.15) is 5.10 Å². The number of nitrogens with zero attached hydrogens (tertiary/aromatic N) is 2. The largest absolute Gasteiger partial charge is 0.381 e. The molecule has 1 amide bonds. The molecule has 1 aromatic heterocycles. The topological polar surface area (TPSA) is 68.2 Å². The molecule has 0 bridgehead atoms. The highest BCUT2D eigenvalue weighted by molar-refractivity contribution is 5.92. The number of nitrogens with one attached hydrogen (secondary N) is 2. The van der Waals surface area contributed by atoms with E-state index in [9.17, 15) is 4.79 Å². The number of hydrogen-bond donors (Lipinski definition) is 2. The van der Waals surface area contributed by atoms with E-state index in [4.69, 9.17) is 4.74 Å². The van der Waals surface area contributed by atoms with Crippen LogP contribution in [0.2, 0.25) is 0 Å². The van der Waals surface area contributed by atoms with Crippen molar-refractivity contribution in [2.75, 3.05) is 20.2 Å². The fraction of sp³-hybridized carbons (Fsp3) is 0.750. The normalized spacial score (nSPS) is 29.2. The van der Waals surface area contributed by atoms with Crippen molar-refractivity contribution in [3.63, 3.8) is 0 Å². The van der Waals surface area contributed by atoms with Gasteiger partial charge in [0.05, 0.1) is 12.1 Å². The molecule has 1 saturated heterocycles. The van der Waals surface area contributed by atoms with Crippen molar-refractivity contribution in [2.45, 2.75) is 56.7 Å². The molecule has 2 aliphatic rings. The van der Waals surface area contributed by atoms with E-state index >= 15 is 0 Å². The number of hydrogen-bond acceptors (Lipinski definition) is 4. The molecule has 1 atom stereocenters. The summed E-state index contributed by atoms with van der Waals surface area (Å²) in [5, 5.41) is 11.0. The Labute approximate surface area is 131 Å². The zero-order valence-corrected chi connectivity index (χ0v) is 13.3. The van der Waals surface area contributed by atoms with Gasteiger partial charge in [0.2, 0.25) is 0 Å². The molecule has 0 aromatic carbocycles. The second kappa shape index (κ2) is 7.24. The summed E-state index contributed by atoms with van der Waals surface area (Å²) in [5.41, 5.74) is 0.527. The van der Waals surface area contributed by atoms with Crippen LogP contribution in [0.25, 0.3) is 0 Å². The summed E-state index contributed by atoms with van der Waals surface area (Å²) in [7, 11) is 1.76. The minimum Gasteiger partial charge on any atom is -0.381 e. The van der Waals surface area contributed by atoms with Crippen LogP contribution in [0.1, 0.15) is 55.1 Å². The van der Waals surface area contributed by atoms with E-state index in [2.05, 4.69) is 15.7 Å². The molecule has 1 aliphatic heterocycles. The smallest absolute Gasteiger partial charge is 0.271 e. The van der Waals surface area contributed by atoms with Crippen molar-refractivity contribution in [1.82, 2.24) is 20.4 Å². The highest BCUT2D eigenvalue weighted by atomic mass is 16.5. The van der Waals surface area contributed by atoms with E-state index < -0.39 is 0 Å². The maximum Gasteiger partial charge on any atom is 0.271 e. The number of aromatic nitrogens is 2. The Balaban J connectivity index is 1.53. The number of piperidine rings is 1. The van der Waals surface area contributed by atoms with Crippen molar-refractivity contribution in [1.29, 1.82) is 0 Å². The van der Waals surface area contributed by atoms with E-state index in [0.29, 0.717) is 17.8 Å². The zero-order valence-electron chi connectivity index (χ0n) is 13.3. The Morgan fingerprint density at radius 3 is 2.86 bits per heavy atom. The van der Waals surface area contributed by atoms with Gasteiger partial charge < -0.3 is 15.4 Å². The Morgan fingerprint density at radius 1 is 1.36 bits per heavy atom. The van der Waals surface area contributed by atoms with Gasteiger partial charge in [-0.3, -0.25) is 9.48 Å². The molecule has 1 unspecified atom stereocenters. The SMILES string of the molecule is COC1CCC(NC(=O)c2ccn(C3CCCNC3)n2)CC1. The van der Waals surface area contributed by atoms with Crippen LogP contribution >= 0.6 is 0 Å².